The van der Waals surface area contributed by atoms with Crippen molar-refractivity contribution < 1.29 is 14.0 Å². The molecule has 0 bridgehead atoms. The Hall–Kier alpha value is -3.14. The molecule has 8 nitrogen and oxygen atoms in total. The molecule has 2 amide bonds. The van der Waals surface area contributed by atoms with Crippen LogP contribution in [0.2, 0.25) is 10.0 Å². The fourth-order valence-electron chi connectivity index (χ4n) is 6.14. The summed E-state index contributed by atoms with van der Waals surface area (Å²) in [4.78, 5) is 47.7. The molecule has 1 atom stereocenters. The van der Waals surface area contributed by atoms with Crippen molar-refractivity contribution in [3.63, 3.8) is 0 Å². The summed E-state index contributed by atoms with van der Waals surface area (Å²) >= 11 is 12.6. The quantitative estimate of drug-likeness (QED) is 0.472. The van der Waals surface area contributed by atoms with Gasteiger partial charge in [-0.05, 0) is 80.1 Å². The predicted octanol–water partition coefficient (Wildman–Crippen LogP) is 4.45. The maximum atomic E-state index is 15.0. The van der Waals surface area contributed by atoms with Crippen LogP contribution in [0.5, 0.6) is 0 Å². The zero-order valence-corrected chi connectivity index (χ0v) is 23.8. The number of pyridine rings is 1. The number of piperazine rings is 1. The first-order valence-electron chi connectivity index (χ1n) is 13.4. The minimum absolute atomic E-state index is 0.0458. The van der Waals surface area contributed by atoms with E-state index in [0.29, 0.717) is 41.5 Å². The van der Waals surface area contributed by atoms with Gasteiger partial charge in [0.2, 0.25) is 5.91 Å². The van der Waals surface area contributed by atoms with Crippen molar-refractivity contribution in [1.29, 1.82) is 0 Å². The molecular formula is C29H30Cl2FN5O3. The van der Waals surface area contributed by atoms with Crippen molar-refractivity contribution in [2.45, 2.75) is 37.8 Å². The first kappa shape index (κ1) is 27.1. The lowest BCUT2D eigenvalue weighted by Gasteiger charge is -2.40. The first-order chi connectivity index (χ1) is 19.1. The van der Waals surface area contributed by atoms with Crippen LogP contribution in [0.25, 0.3) is 10.8 Å². The molecule has 210 valence electrons. The average Bonchev–Trinajstić information content (AvgIpc) is 3.68. The van der Waals surface area contributed by atoms with Crippen LogP contribution in [0.4, 0.5) is 10.1 Å². The van der Waals surface area contributed by atoms with Gasteiger partial charge in [0, 0.05) is 41.8 Å². The van der Waals surface area contributed by atoms with Crippen molar-refractivity contribution in [1.82, 2.24) is 19.7 Å². The second-order valence-corrected chi connectivity index (χ2v) is 12.0. The molecule has 1 saturated heterocycles. The highest BCUT2D eigenvalue weighted by atomic mass is 35.5. The number of benzene rings is 2. The molecule has 2 N–H and O–H groups in total. The molecule has 3 aliphatic rings. The summed E-state index contributed by atoms with van der Waals surface area (Å²) in [6.45, 7) is 4.22. The van der Waals surface area contributed by atoms with E-state index in [9.17, 15) is 18.8 Å². The van der Waals surface area contributed by atoms with Gasteiger partial charge in [0.25, 0.3) is 11.5 Å². The van der Waals surface area contributed by atoms with Crippen LogP contribution in [0.3, 0.4) is 0 Å². The van der Waals surface area contributed by atoms with E-state index >= 15 is 0 Å². The number of aromatic amines is 1. The Bertz CT molecular complexity index is 1600. The van der Waals surface area contributed by atoms with Crippen LogP contribution >= 0.6 is 23.2 Å². The lowest BCUT2D eigenvalue weighted by Crippen LogP contribution is -2.55. The number of hydrogen-bond donors (Lipinski definition) is 2. The number of H-pyrrole nitrogens is 1. The Morgan fingerprint density at radius 2 is 1.90 bits per heavy atom. The molecule has 2 aliphatic heterocycles. The fraction of sp³-hybridized carbons (Fsp3) is 0.414. The number of likely N-dealkylation sites (N-methyl/N-ethyl adjacent to an activating group) is 1. The van der Waals surface area contributed by atoms with Crippen LogP contribution in [0, 0.1) is 5.82 Å². The molecule has 1 spiro atoms. The Kier molecular flexibility index (Phi) is 6.79. The van der Waals surface area contributed by atoms with Crippen LogP contribution in [0.1, 0.15) is 47.4 Å². The largest absolute Gasteiger partial charge is 0.374 e. The second kappa shape index (κ2) is 10.0. The zero-order chi connectivity index (χ0) is 28.3. The molecule has 11 heteroatoms. The summed E-state index contributed by atoms with van der Waals surface area (Å²) in [5.74, 6) is -1.12. The summed E-state index contributed by atoms with van der Waals surface area (Å²) in [6, 6.07) is 7.47. The molecule has 1 aliphatic carbocycles. The Labute approximate surface area is 241 Å². The van der Waals surface area contributed by atoms with Gasteiger partial charge in [0.15, 0.2) is 0 Å². The van der Waals surface area contributed by atoms with Crippen molar-refractivity contribution in [3.8, 4) is 0 Å². The normalized spacial score (nSPS) is 20.1. The van der Waals surface area contributed by atoms with Crippen LogP contribution < -0.4 is 10.9 Å². The number of amides is 2. The number of halogens is 3. The lowest BCUT2D eigenvalue weighted by molar-refractivity contribution is -0.131. The molecule has 3 heterocycles. The van der Waals surface area contributed by atoms with Gasteiger partial charge in [-0.15, -0.1) is 0 Å². The highest BCUT2D eigenvalue weighted by Gasteiger charge is 2.50. The Morgan fingerprint density at radius 3 is 2.65 bits per heavy atom. The van der Waals surface area contributed by atoms with Crippen molar-refractivity contribution in [2.75, 3.05) is 45.1 Å². The predicted molar refractivity (Wildman–Crippen MR) is 154 cm³/mol. The third-order valence-electron chi connectivity index (χ3n) is 8.71. The van der Waals surface area contributed by atoms with E-state index in [-0.39, 0.29) is 46.7 Å². The maximum Gasteiger partial charge on any atom is 0.270 e. The number of nitrogens with zero attached hydrogens (tertiary/aromatic N) is 3. The number of rotatable bonds is 4. The number of carbonyl (C=O) groups is 2. The van der Waals surface area contributed by atoms with Gasteiger partial charge >= 0.3 is 0 Å². The Morgan fingerprint density at radius 1 is 1.12 bits per heavy atom. The number of aromatic nitrogens is 1. The zero-order valence-electron chi connectivity index (χ0n) is 22.3. The summed E-state index contributed by atoms with van der Waals surface area (Å²) in [6.07, 6.45) is 2.72. The van der Waals surface area contributed by atoms with E-state index in [4.69, 9.17) is 23.2 Å². The average molecular weight is 586 g/mol. The topological polar surface area (TPSA) is 88.8 Å². The molecule has 2 aromatic carbocycles. The van der Waals surface area contributed by atoms with Gasteiger partial charge in [-0.25, -0.2) is 4.39 Å². The summed E-state index contributed by atoms with van der Waals surface area (Å²) < 4.78 is 15.0. The third-order valence-corrected chi connectivity index (χ3v) is 9.25. The number of hydrogen-bond acceptors (Lipinski definition) is 5. The van der Waals surface area contributed by atoms with Gasteiger partial charge in [-0.1, -0.05) is 23.2 Å². The molecule has 1 unspecified atom stereocenters. The number of nitrogens with one attached hydrogen (secondary N) is 2. The molecule has 1 saturated carbocycles. The SMILES string of the molecule is CC1c2c(Cl)cc(Cl)cc2CCN1C(=O)CNc1cc2cc(C(=O)N3CCN(C)C4(CC4)C3)[nH]c(=O)c2cc1F. The third kappa shape index (κ3) is 4.74. The van der Waals surface area contributed by atoms with Gasteiger partial charge in [0.1, 0.15) is 11.5 Å². The highest BCUT2D eigenvalue weighted by Crippen LogP contribution is 2.43. The van der Waals surface area contributed by atoms with Gasteiger partial charge in [-0.2, -0.15) is 0 Å². The molecule has 40 heavy (non-hydrogen) atoms. The second-order valence-electron chi connectivity index (χ2n) is 11.1. The lowest BCUT2D eigenvalue weighted by atomic mass is 9.93. The van der Waals surface area contributed by atoms with E-state index < -0.39 is 11.4 Å². The fourth-order valence-corrected chi connectivity index (χ4v) is 6.84. The smallest absolute Gasteiger partial charge is 0.270 e. The number of carbonyl (C=O) groups excluding carboxylic acids is 2. The van der Waals surface area contributed by atoms with Crippen LogP contribution in [0.15, 0.2) is 35.1 Å². The van der Waals surface area contributed by atoms with E-state index in [1.807, 2.05) is 13.0 Å². The van der Waals surface area contributed by atoms with Gasteiger partial charge < -0.3 is 20.1 Å². The van der Waals surface area contributed by atoms with Crippen LogP contribution in [-0.2, 0) is 11.2 Å². The monoisotopic (exact) mass is 585 g/mol. The van der Waals surface area contributed by atoms with E-state index in [1.54, 1.807) is 21.9 Å². The Balaban J connectivity index is 1.20. The number of fused-ring (bicyclic) bond motifs is 2. The van der Waals surface area contributed by atoms with E-state index in [2.05, 4.69) is 22.2 Å². The molecule has 0 radical (unpaired) electrons. The first-order valence-corrected chi connectivity index (χ1v) is 14.2. The minimum atomic E-state index is -0.658. The van der Waals surface area contributed by atoms with Gasteiger partial charge in [-0.3, -0.25) is 19.3 Å². The standard InChI is InChI=1S/C29H30Cl2FN5O3/c1-16-26-17(9-19(30)12-21(26)31)3-6-37(16)25(38)14-33-23-10-18-11-24(34-27(39)20(18)13-22(23)32)28(40)36-8-7-35(2)29(15-36)4-5-29/h9-13,16,33H,3-8,14-15H2,1-2H3,(H,34,39). The van der Waals surface area contributed by atoms with Gasteiger partial charge in [0.05, 0.1) is 23.7 Å². The number of anilines is 1. The minimum Gasteiger partial charge on any atom is -0.374 e. The molecule has 3 aromatic rings. The summed E-state index contributed by atoms with van der Waals surface area (Å²) in [5, 5.41) is 4.52. The molecule has 6 rings (SSSR count). The van der Waals surface area contributed by atoms with Crippen molar-refractivity contribution in [2.24, 2.45) is 0 Å². The molecular weight excluding hydrogens is 556 g/mol. The molecule has 1 aromatic heterocycles. The van der Waals surface area contributed by atoms with E-state index in [1.165, 1.54) is 6.07 Å². The van der Waals surface area contributed by atoms with Crippen molar-refractivity contribution in [3.05, 3.63) is 73.4 Å². The maximum absolute atomic E-state index is 15.0. The summed E-state index contributed by atoms with van der Waals surface area (Å²) in [7, 11) is 2.08. The molecule has 2 fully saturated rings. The summed E-state index contributed by atoms with van der Waals surface area (Å²) in [5.41, 5.74) is 1.65. The van der Waals surface area contributed by atoms with Crippen molar-refractivity contribution >= 4 is 51.5 Å². The van der Waals surface area contributed by atoms with E-state index in [0.717, 1.165) is 36.6 Å². The highest BCUT2D eigenvalue weighted by molar-refractivity contribution is 6.35. The van der Waals surface area contributed by atoms with Crippen LogP contribution in [-0.4, -0.2) is 76.8 Å².